The third-order valence-corrected chi connectivity index (χ3v) is 6.33. The van der Waals surface area contributed by atoms with Crippen molar-refractivity contribution in [2.75, 3.05) is 34.9 Å². The van der Waals surface area contributed by atoms with Gasteiger partial charge in [-0.25, -0.2) is 14.7 Å². The largest absolute Gasteiger partial charge is 0.497 e. The summed E-state index contributed by atoms with van der Waals surface area (Å²) in [4.78, 5) is 24.6. The second-order valence-corrected chi connectivity index (χ2v) is 8.44. The summed E-state index contributed by atoms with van der Waals surface area (Å²) < 4.78 is 7.10. The average Bonchev–Trinajstić information content (AvgIpc) is 3.17. The number of urea groups is 1. The van der Waals surface area contributed by atoms with Crippen molar-refractivity contribution in [2.24, 2.45) is 7.05 Å². The third kappa shape index (κ3) is 3.26. The zero-order valence-electron chi connectivity index (χ0n) is 18.6. The van der Waals surface area contributed by atoms with Crippen molar-refractivity contribution < 1.29 is 9.53 Å². The molecule has 2 aliphatic heterocycles. The zero-order chi connectivity index (χ0) is 22.5. The number of nitrogens with zero attached hydrogens (tertiary/aromatic N) is 6. The maximum absolute atomic E-state index is 13.9. The number of anilines is 4. The Bertz CT molecular complexity index is 1360. The molecule has 0 N–H and O–H groups in total. The summed E-state index contributed by atoms with van der Waals surface area (Å²) in [5.74, 6) is 2.34. The first-order chi connectivity index (χ1) is 16.1. The van der Waals surface area contributed by atoms with Crippen molar-refractivity contribution in [3.05, 3.63) is 66.4 Å². The van der Waals surface area contributed by atoms with Crippen molar-refractivity contribution in [1.82, 2.24) is 14.8 Å². The van der Waals surface area contributed by atoms with Crippen LogP contribution in [-0.2, 0) is 13.6 Å². The number of carbonyl (C=O) groups excluding carboxylic acids is 1. The van der Waals surface area contributed by atoms with Gasteiger partial charge in [-0.3, -0.25) is 9.58 Å². The van der Waals surface area contributed by atoms with E-state index in [2.05, 4.69) is 22.1 Å². The third-order valence-electron chi connectivity index (χ3n) is 6.33. The van der Waals surface area contributed by atoms with Crippen molar-refractivity contribution in [2.45, 2.75) is 13.0 Å². The van der Waals surface area contributed by atoms with Crippen molar-refractivity contribution in [3.63, 3.8) is 0 Å². The predicted molar refractivity (Wildman–Crippen MR) is 128 cm³/mol. The van der Waals surface area contributed by atoms with Crippen LogP contribution in [0.3, 0.4) is 0 Å². The van der Waals surface area contributed by atoms with E-state index in [0.717, 1.165) is 52.5 Å². The van der Waals surface area contributed by atoms with E-state index in [4.69, 9.17) is 9.72 Å². The molecule has 2 aromatic heterocycles. The van der Waals surface area contributed by atoms with Crippen LogP contribution in [-0.4, -0.2) is 41.0 Å². The standard InChI is InChI=1S/C25H24N6O2/c1-28-15-18-14-20(7-10-22(18)27-28)30-16-17-4-11-23(29-12-3-13-29)26-24(17)31(25(30)32)19-5-8-21(33-2)9-6-19/h4-11,14-15H,3,12-13,16H2,1-2H3. The van der Waals surface area contributed by atoms with Gasteiger partial charge in [0.25, 0.3) is 0 Å². The molecule has 1 saturated heterocycles. The Hall–Kier alpha value is -4.07. The minimum Gasteiger partial charge on any atom is -0.497 e. The van der Waals surface area contributed by atoms with Crippen LogP contribution in [0.1, 0.15) is 12.0 Å². The van der Waals surface area contributed by atoms with Gasteiger partial charge in [0.15, 0.2) is 0 Å². The molecular formula is C25H24N6O2. The fourth-order valence-electron chi connectivity index (χ4n) is 4.43. The number of rotatable bonds is 4. The molecule has 1 fully saturated rings. The Morgan fingerprint density at radius 3 is 2.48 bits per heavy atom. The minimum atomic E-state index is -0.135. The number of amides is 2. The summed E-state index contributed by atoms with van der Waals surface area (Å²) >= 11 is 0. The fourth-order valence-corrected chi connectivity index (χ4v) is 4.43. The summed E-state index contributed by atoms with van der Waals surface area (Å²) in [5.41, 5.74) is 3.49. The molecule has 8 heteroatoms. The van der Waals surface area contributed by atoms with Crippen LogP contribution in [0.2, 0.25) is 0 Å². The number of aromatic nitrogens is 3. The molecule has 166 valence electrons. The minimum absolute atomic E-state index is 0.135. The molecule has 4 heterocycles. The lowest BCUT2D eigenvalue weighted by Gasteiger charge is -2.38. The molecule has 2 aliphatic rings. The van der Waals surface area contributed by atoms with Crippen molar-refractivity contribution >= 4 is 39.9 Å². The summed E-state index contributed by atoms with van der Waals surface area (Å²) in [5, 5.41) is 5.45. The number of hydrogen-bond acceptors (Lipinski definition) is 5. The van der Waals surface area contributed by atoms with Crippen molar-refractivity contribution in [1.29, 1.82) is 0 Å². The summed E-state index contributed by atoms with van der Waals surface area (Å²) in [6.07, 6.45) is 3.13. The van der Waals surface area contributed by atoms with E-state index >= 15 is 0 Å². The van der Waals surface area contributed by atoms with Crippen LogP contribution in [0.25, 0.3) is 10.9 Å². The average molecular weight is 441 g/mol. The number of carbonyl (C=O) groups is 1. The van der Waals surface area contributed by atoms with Crippen LogP contribution >= 0.6 is 0 Å². The van der Waals surface area contributed by atoms with E-state index in [-0.39, 0.29) is 6.03 Å². The van der Waals surface area contributed by atoms with Gasteiger partial charge in [-0.05, 0) is 61.0 Å². The van der Waals surface area contributed by atoms with E-state index in [1.54, 1.807) is 21.6 Å². The van der Waals surface area contributed by atoms with Crippen LogP contribution < -0.4 is 19.4 Å². The Morgan fingerprint density at radius 2 is 1.76 bits per heavy atom. The van der Waals surface area contributed by atoms with Crippen LogP contribution in [0.5, 0.6) is 5.75 Å². The lowest BCUT2D eigenvalue weighted by atomic mass is 10.1. The molecule has 8 nitrogen and oxygen atoms in total. The number of fused-ring (bicyclic) bond motifs is 2. The number of benzene rings is 2. The molecule has 33 heavy (non-hydrogen) atoms. The molecule has 0 radical (unpaired) electrons. The van der Waals surface area contributed by atoms with E-state index < -0.39 is 0 Å². The lowest BCUT2D eigenvalue weighted by molar-refractivity contribution is 0.252. The molecular weight excluding hydrogens is 416 g/mol. The highest BCUT2D eigenvalue weighted by molar-refractivity contribution is 6.10. The van der Waals surface area contributed by atoms with E-state index in [1.165, 1.54) is 6.42 Å². The summed E-state index contributed by atoms with van der Waals surface area (Å²) in [6.45, 7) is 2.46. The van der Waals surface area contributed by atoms with Gasteiger partial charge < -0.3 is 9.64 Å². The van der Waals surface area contributed by atoms with Gasteiger partial charge in [0.2, 0.25) is 0 Å². The molecule has 0 bridgehead atoms. The monoisotopic (exact) mass is 440 g/mol. The van der Waals surface area contributed by atoms with Crippen molar-refractivity contribution in [3.8, 4) is 5.75 Å². The smallest absolute Gasteiger partial charge is 0.335 e. The van der Waals surface area contributed by atoms with Gasteiger partial charge in [-0.2, -0.15) is 5.10 Å². The Labute approximate surface area is 191 Å². The molecule has 2 aromatic carbocycles. The molecule has 0 aliphatic carbocycles. The molecule has 6 rings (SSSR count). The van der Waals surface area contributed by atoms with Gasteiger partial charge in [0.1, 0.15) is 17.4 Å². The normalized spacial score (nSPS) is 15.6. The van der Waals surface area contributed by atoms with Crippen LogP contribution in [0.15, 0.2) is 60.8 Å². The first-order valence-electron chi connectivity index (χ1n) is 11.0. The Balaban J connectivity index is 1.46. The second kappa shape index (κ2) is 7.51. The van der Waals surface area contributed by atoms with Gasteiger partial charge in [-0.15, -0.1) is 0 Å². The summed E-state index contributed by atoms with van der Waals surface area (Å²) in [7, 11) is 3.53. The lowest BCUT2D eigenvalue weighted by Crippen LogP contribution is -2.46. The topological polar surface area (TPSA) is 66.7 Å². The number of ether oxygens (including phenoxy) is 1. The van der Waals surface area contributed by atoms with Gasteiger partial charge in [0, 0.05) is 43.0 Å². The second-order valence-electron chi connectivity index (χ2n) is 8.44. The highest BCUT2D eigenvalue weighted by Gasteiger charge is 2.34. The predicted octanol–water partition coefficient (Wildman–Crippen LogP) is 4.47. The molecule has 4 aromatic rings. The van der Waals surface area contributed by atoms with Gasteiger partial charge in [-0.1, -0.05) is 0 Å². The summed E-state index contributed by atoms with van der Waals surface area (Å²) in [6, 6.07) is 17.5. The first-order valence-corrected chi connectivity index (χ1v) is 11.0. The number of hydrogen-bond donors (Lipinski definition) is 0. The highest BCUT2D eigenvalue weighted by atomic mass is 16.5. The van der Waals surface area contributed by atoms with Gasteiger partial charge in [0.05, 0.1) is 24.9 Å². The van der Waals surface area contributed by atoms with Gasteiger partial charge >= 0.3 is 6.03 Å². The maximum atomic E-state index is 13.9. The van der Waals surface area contributed by atoms with E-state index in [0.29, 0.717) is 12.4 Å². The SMILES string of the molecule is COc1ccc(N2C(=O)N(c3ccc4nn(C)cc4c3)Cc3ccc(N4CCC4)nc32)cc1. The highest BCUT2D eigenvalue weighted by Crippen LogP contribution is 2.38. The maximum Gasteiger partial charge on any atom is 0.335 e. The fraction of sp³-hybridized carbons (Fsp3) is 0.240. The number of pyridine rings is 1. The molecule has 0 atom stereocenters. The first kappa shape index (κ1) is 19.6. The number of methoxy groups -OCH3 is 1. The number of aryl methyl sites for hydroxylation is 1. The zero-order valence-corrected chi connectivity index (χ0v) is 18.6. The quantitative estimate of drug-likeness (QED) is 0.469. The van der Waals surface area contributed by atoms with Crippen LogP contribution in [0, 0.1) is 0 Å². The molecule has 0 spiro atoms. The van der Waals surface area contributed by atoms with Crippen LogP contribution in [0.4, 0.5) is 27.8 Å². The Morgan fingerprint density at radius 1 is 0.970 bits per heavy atom. The van der Waals surface area contributed by atoms with E-state index in [1.807, 2.05) is 55.7 Å². The molecule has 0 unspecified atom stereocenters. The Kier molecular flexibility index (Phi) is 4.46. The molecule has 2 amide bonds. The van der Waals surface area contributed by atoms with E-state index in [9.17, 15) is 4.79 Å². The molecule has 0 saturated carbocycles.